The zero-order valence-electron chi connectivity index (χ0n) is 15.5. The van der Waals surface area contributed by atoms with Gasteiger partial charge in [0, 0.05) is 39.2 Å². The molecule has 1 aromatic carbocycles. The van der Waals surface area contributed by atoms with E-state index in [1.807, 2.05) is 34.9 Å². The number of benzene rings is 1. The van der Waals surface area contributed by atoms with Gasteiger partial charge in [0.25, 0.3) is 0 Å². The normalized spacial score (nSPS) is 20.8. The zero-order chi connectivity index (χ0) is 20.8. The maximum Gasteiger partial charge on any atom is 0.223 e. The summed E-state index contributed by atoms with van der Waals surface area (Å²) < 4.78 is 28.4. The number of piperidine rings is 1. The number of alkyl halides is 1. The number of sulfonamides is 1. The van der Waals surface area contributed by atoms with E-state index in [-0.39, 0.29) is 9.68 Å². The lowest BCUT2D eigenvalue weighted by molar-refractivity contribution is 0.255. The molecule has 0 saturated carbocycles. The van der Waals surface area contributed by atoms with E-state index in [1.165, 1.54) is 16.7 Å². The van der Waals surface area contributed by atoms with E-state index in [0.717, 1.165) is 45.3 Å². The van der Waals surface area contributed by atoms with Gasteiger partial charge in [-0.2, -0.15) is 0 Å². The van der Waals surface area contributed by atoms with Gasteiger partial charge in [-0.25, -0.2) is 12.7 Å². The van der Waals surface area contributed by atoms with Crippen molar-refractivity contribution >= 4 is 76.1 Å². The molecular formula is C20H20Br2ClIN2O2S. The van der Waals surface area contributed by atoms with Crippen LogP contribution in [0, 0.1) is 5.92 Å². The molecule has 1 fully saturated rings. The Morgan fingerprint density at radius 2 is 1.83 bits per heavy atom. The predicted molar refractivity (Wildman–Crippen MR) is 132 cm³/mol. The monoisotopic (exact) mass is 672 g/mol. The quantitative estimate of drug-likeness (QED) is 0.300. The van der Waals surface area contributed by atoms with E-state index < -0.39 is 10.0 Å². The maximum absolute atomic E-state index is 12.3. The molecule has 0 radical (unpaired) electrons. The van der Waals surface area contributed by atoms with Gasteiger partial charge in [0.2, 0.25) is 10.0 Å². The van der Waals surface area contributed by atoms with Crippen molar-refractivity contribution in [2.24, 2.45) is 5.92 Å². The molecule has 156 valence electrons. The van der Waals surface area contributed by atoms with Crippen LogP contribution >= 0.6 is 66.1 Å². The Labute approximate surface area is 207 Å². The molecule has 4 nitrogen and oxygen atoms in total. The molecule has 29 heavy (non-hydrogen) atoms. The van der Waals surface area contributed by atoms with Crippen LogP contribution in [0.2, 0.25) is 5.02 Å². The fourth-order valence-corrected chi connectivity index (χ4v) is 8.17. The fourth-order valence-electron chi connectivity index (χ4n) is 4.59. The summed E-state index contributed by atoms with van der Waals surface area (Å²) in [6.07, 6.45) is 5.35. The highest BCUT2D eigenvalue weighted by molar-refractivity contribution is 14.1. The highest BCUT2D eigenvalue weighted by Gasteiger charge is 2.37. The Kier molecular flexibility index (Phi) is 6.98. The van der Waals surface area contributed by atoms with Gasteiger partial charge in [0.05, 0.1) is 5.69 Å². The highest BCUT2D eigenvalue weighted by atomic mass is 127. The molecule has 1 aliphatic carbocycles. The largest absolute Gasteiger partial charge is 0.259 e. The molecule has 0 spiro atoms. The maximum atomic E-state index is 12.3. The summed E-state index contributed by atoms with van der Waals surface area (Å²) in [5, 5.41) is 0.734. The van der Waals surface area contributed by atoms with Crippen LogP contribution in [0.1, 0.15) is 41.1 Å². The highest BCUT2D eigenvalue weighted by Crippen LogP contribution is 2.46. The van der Waals surface area contributed by atoms with Crippen molar-refractivity contribution in [2.75, 3.05) is 16.8 Å². The van der Waals surface area contributed by atoms with Crippen molar-refractivity contribution in [3.05, 3.63) is 60.7 Å². The number of hydrogen-bond acceptors (Lipinski definition) is 3. The lowest BCUT2D eigenvalue weighted by atomic mass is 9.77. The minimum atomic E-state index is -3.15. The summed E-state index contributed by atoms with van der Waals surface area (Å²) in [6.45, 7) is 1.14. The molecule has 1 unspecified atom stereocenters. The van der Waals surface area contributed by atoms with E-state index in [9.17, 15) is 8.42 Å². The number of aryl methyl sites for hydroxylation is 2. The second-order valence-electron chi connectivity index (χ2n) is 7.59. The van der Waals surface area contributed by atoms with Crippen molar-refractivity contribution in [3.63, 3.8) is 0 Å². The standard InChI is InChI=1S/C20H20Br2ClIN2O2S/c21-15-7-14-2-1-13-8-16(23)9-17(22)18(13)19(20(14)25-10-15)12-3-5-26(6-4-12)29(27,28)11-24/h7-10,12,19H,1-6,11H2. The first-order valence-electron chi connectivity index (χ1n) is 9.46. The molecule has 0 bridgehead atoms. The Morgan fingerprint density at radius 1 is 1.14 bits per heavy atom. The average molecular weight is 675 g/mol. The number of fused-ring (bicyclic) bond motifs is 2. The number of pyridine rings is 1. The van der Waals surface area contributed by atoms with Crippen molar-refractivity contribution in [3.8, 4) is 0 Å². The molecule has 2 aliphatic rings. The number of hydrogen-bond donors (Lipinski definition) is 0. The first-order valence-corrected chi connectivity index (χ1v) is 14.6. The molecule has 1 aromatic heterocycles. The van der Waals surface area contributed by atoms with Crippen LogP contribution in [0.3, 0.4) is 0 Å². The van der Waals surface area contributed by atoms with Crippen LogP contribution < -0.4 is 0 Å². The Balaban J connectivity index is 1.76. The molecule has 0 N–H and O–H groups in total. The summed E-state index contributed by atoms with van der Waals surface area (Å²) >= 11 is 15.6. The van der Waals surface area contributed by atoms with E-state index in [2.05, 4.69) is 44.0 Å². The van der Waals surface area contributed by atoms with Crippen LogP contribution in [-0.2, 0) is 22.9 Å². The summed E-state index contributed by atoms with van der Waals surface area (Å²) in [5.41, 5.74) is 4.89. The van der Waals surface area contributed by atoms with Gasteiger partial charge in [0.15, 0.2) is 0 Å². The summed E-state index contributed by atoms with van der Waals surface area (Å²) in [7, 11) is -3.15. The van der Waals surface area contributed by atoms with Crippen LogP contribution in [0.4, 0.5) is 0 Å². The van der Waals surface area contributed by atoms with E-state index in [1.54, 1.807) is 4.31 Å². The number of nitrogens with zero attached hydrogens (tertiary/aromatic N) is 2. The second kappa shape index (κ2) is 9.02. The van der Waals surface area contributed by atoms with Gasteiger partial charge < -0.3 is 0 Å². The van der Waals surface area contributed by atoms with Crippen molar-refractivity contribution in [1.82, 2.24) is 9.29 Å². The lowest BCUT2D eigenvalue weighted by Crippen LogP contribution is -2.40. The molecule has 0 amide bonds. The minimum Gasteiger partial charge on any atom is -0.259 e. The average Bonchev–Trinajstić information content (AvgIpc) is 2.85. The van der Waals surface area contributed by atoms with E-state index in [0.29, 0.717) is 19.0 Å². The Hall–Kier alpha value is 0.260. The van der Waals surface area contributed by atoms with Gasteiger partial charge in [-0.3, -0.25) is 4.98 Å². The van der Waals surface area contributed by atoms with E-state index >= 15 is 0 Å². The third kappa shape index (κ3) is 4.58. The lowest BCUT2D eigenvalue weighted by Gasteiger charge is -2.36. The number of aromatic nitrogens is 1. The summed E-state index contributed by atoms with van der Waals surface area (Å²) in [4.78, 5) is 4.85. The third-order valence-corrected chi connectivity index (χ3v) is 11.0. The number of rotatable bonds is 3. The van der Waals surface area contributed by atoms with Crippen LogP contribution in [0.15, 0.2) is 33.3 Å². The molecule has 9 heteroatoms. The Morgan fingerprint density at radius 3 is 2.52 bits per heavy atom. The van der Waals surface area contributed by atoms with Crippen molar-refractivity contribution in [2.45, 2.75) is 31.6 Å². The number of halogens is 4. The predicted octanol–water partition coefficient (Wildman–Crippen LogP) is 5.92. The first-order chi connectivity index (χ1) is 13.8. The molecule has 2 heterocycles. The SMILES string of the molecule is O=S(=O)(CI)N1CCC(C2c3ncc(Br)cc3CCc3cc(Cl)cc(Br)c32)CC1. The molecular weight excluding hydrogens is 654 g/mol. The summed E-state index contributed by atoms with van der Waals surface area (Å²) in [5.74, 6) is 0.462. The van der Waals surface area contributed by atoms with Crippen LogP contribution in [0.5, 0.6) is 0 Å². The van der Waals surface area contributed by atoms with Crippen molar-refractivity contribution < 1.29 is 8.42 Å². The minimum absolute atomic E-state index is 0.129. The van der Waals surface area contributed by atoms with Gasteiger partial charge in [-0.15, -0.1) is 0 Å². The molecule has 4 rings (SSSR count). The smallest absolute Gasteiger partial charge is 0.223 e. The van der Waals surface area contributed by atoms with Crippen LogP contribution in [-0.4, -0.2) is 34.6 Å². The summed E-state index contributed by atoms with van der Waals surface area (Å²) in [6, 6.07) is 6.21. The first kappa shape index (κ1) is 22.5. The van der Waals surface area contributed by atoms with Gasteiger partial charge in [-0.1, -0.05) is 50.1 Å². The van der Waals surface area contributed by atoms with Crippen LogP contribution in [0.25, 0.3) is 0 Å². The van der Waals surface area contributed by atoms with Gasteiger partial charge in [0.1, 0.15) is 3.76 Å². The van der Waals surface area contributed by atoms with E-state index in [4.69, 9.17) is 16.6 Å². The zero-order valence-corrected chi connectivity index (χ0v) is 22.4. The topological polar surface area (TPSA) is 50.3 Å². The molecule has 1 atom stereocenters. The van der Waals surface area contributed by atoms with Crippen molar-refractivity contribution in [1.29, 1.82) is 0 Å². The van der Waals surface area contributed by atoms with Gasteiger partial charge >= 0.3 is 0 Å². The second-order valence-corrected chi connectivity index (χ2v) is 13.6. The molecule has 2 aromatic rings. The fraction of sp³-hybridized carbons (Fsp3) is 0.450. The Bertz CT molecular complexity index is 1040. The third-order valence-electron chi connectivity index (χ3n) is 5.92. The molecule has 1 aliphatic heterocycles. The molecule has 1 saturated heterocycles. The van der Waals surface area contributed by atoms with Gasteiger partial charge in [-0.05, 0) is 82.4 Å².